The van der Waals surface area contributed by atoms with Crippen LogP contribution in [0.5, 0.6) is 0 Å². The van der Waals surface area contributed by atoms with Crippen molar-refractivity contribution in [1.29, 1.82) is 0 Å². The summed E-state index contributed by atoms with van der Waals surface area (Å²) >= 11 is 5.01. The molecular formula is C27H29ClN8O2. The minimum Gasteiger partial charge on any atom is -0.403 e. The van der Waals surface area contributed by atoms with Crippen LogP contribution in [0.4, 0.5) is 27.9 Å². The molecule has 3 aromatic rings. The number of allylic oxidation sites excluding steroid dienone is 2. The molecule has 4 rings (SSSR count). The summed E-state index contributed by atoms with van der Waals surface area (Å²) in [4.78, 5) is 40.8. The van der Waals surface area contributed by atoms with Gasteiger partial charge in [0.15, 0.2) is 5.82 Å². The molecule has 10 nitrogen and oxygen atoms in total. The Balaban J connectivity index is 0.000000934. The maximum absolute atomic E-state index is 13.7. The first kappa shape index (κ1) is 27.9. The van der Waals surface area contributed by atoms with E-state index in [0.29, 0.717) is 42.4 Å². The summed E-state index contributed by atoms with van der Waals surface area (Å²) in [6, 6.07) is 16.5. The van der Waals surface area contributed by atoms with Gasteiger partial charge in [-0.05, 0) is 36.2 Å². The number of amides is 3. The van der Waals surface area contributed by atoms with Gasteiger partial charge in [-0.2, -0.15) is 4.98 Å². The molecule has 1 aromatic heterocycles. The number of hydrogen-bond donors (Lipinski definition) is 3. The van der Waals surface area contributed by atoms with Crippen molar-refractivity contribution in [2.24, 2.45) is 10.7 Å². The number of nitrogens with zero attached hydrogens (tertiary/aromatic N) is 5. The lowest BCUT2D eigenvalue weighted by Gasteiger charge is -2.36. The van der Waals surface area contributed by atoms with Crippen LogP contribution in [-0.2, 0) is 17.9 Å². The Morgan fingerprint density at radius 3 is 2.63 bits per heavy atom. The lowest BCUT2D eigenvalue weighted by molar-refractivity contribution is -0.105. The molecule has 2 aromatic carbocycles. The summed E-state index contributed by atoms with van der Waals surface area (Å²) in [5.74, 6) is 0.715. The number of carbonyl (C=O) groups excluding carboxylic acids is 2. The van der Waals surface area contributed by atoms with Crippen molar-refractivity contribution in [3.05, 3.63) is 95.4 Å². The predicted octanol–water partition coefficient (Wildman–Crippen LogP) is 4.99. The SMILES string of the molecule is C/C=C/Cl.CN=C/C(=C\N)Nc1ncc2c(n1)N(c1cccc(NC=O)c1)C(=O)N(Cc1ccccc1)C2. The van der Waals surface area contributed by atoms with E-state index in [-0.39, 0.29) is 12.0 Å². The molecule has 11 heteroatoms. The lowest BCUT2D eigenvalue weighted by atomic mass is 10.1. The Morgan fingerprint density at radius 1 is 1.21 bits per heavy atom. The molecule has 4 N–H and O–H groups in total. The molecule has 0 fully saturated rings. The highest BCUT2D eigenvalue weighted by Crippen LogP contribution is 2.35. The number of aliphatic imine (C=N–C) groups is 1. The number of halogens is 1. The fourth-order valence-corrected chi connectivity index (χ4v) is 3.62. The largest absolute Gasteiger partial charge is 0.403 e. The third kappa shape index (κ3) is 7.17. The van der Waals surface area contributed by atoms with Crippen LogP contribution in [0, 0.1) is 0 Å². The van der Waals surface area contributed by atoms with E-state index in [1.807, 2.05) is 37.3 Å². The molecule has 0 aliphatic carbocycles. The van der Waals surface area contributed by atoms with Crippen LogP contribution >= 0.6 is 11.6 Å². The smallest absolute Gasteiger partial charge is 0.330 e. The second-order valence-electron chi connectivity index (χ2n) is 7.91. The highest BCUT2D eigenvalue weighted by molar-refractivity contribution is 6.25. The minimum absolute atomic E-state index is 0.242. The Labute approximate surface area is 226 Å². The number of fused-ring (bicyclic) bond motifs is 1. The summed E-state index contributed by atoms with van der Waals surface area (Å²) < 4.78 is 0. The molecule has 196 valence electrons. The number of anilines is 4. The fraction of sp³-hybridized carbons (Fsp3) is 0.148. The highest BCUT2D eigenvalue weighted by atomic mass is 35.5. The van der Waals surface area contributed by atoms with Crippen LogP contribution in [0.2, 0.25) is 0 Å². The topological polar surface area (TPSA) is 129 Å². The van der Waals surface area contributed by atoms with Crippen molar-refractivity contribution in [1.82, 2.24) is 14.9 Å². The summed E-state index contributed by atoms with van der Waals surface area (Å²) in [5, 5.41) is 5.63. The summed E-state index contributed by atoms with van der Waals surface area (Å²) in [6.07, 6.45) is 6.94. The molecule has 0 atom stereocenters. The van der Waals surface area contributed by atoms with Crippen molar-refractivity contribution in [3.8, 4) is 0 Å². The summed E-state index contributed by atoms with van der Waals surface area (Å²) in [7, 11) is 1.63. The van der Waals surface area contributed by atoms with Gasteiger partial charge in [0.25, 0.3) is 0 Å². The van der Waals surface area contributed by atoms with Crippen molar-refractivity contribution in [2.45, 2.75) is 20.0 Å². The average molecular weight is 533 g/mol. The van der Waals surface area contributed by atoms with Gasteiger partial charge in [-0.1, -0.05) is 54.1 Å². The van der Waals surface area contributed by atoms with Crippen molar-refractivity contribution in [3.63, 3.8) is 0 Å². The van der Waals surface area contributed by atoms with Gasteiger partial charge in [0.05, 0.1) is 17.9 Å². The highest BCUT2D eigenvalue weighted by Gasteiger charge is 2.33. The molecular weight excluding hydrogens is 504 g/mol. The van der Waals surface area contributed by atoms with Gasteiger partial charge in [0.2, 0.25) is 12.4 Å². The van der Waals surface area contributed by atoms with E-state index < -0.39 is 0 Å². The molecule has 0 radical (unpaired) electrons. The fourth-order valence-electron chi connectivity index (χ4n) is 3.62. The Morgan fingerprint density at radius 2 is 1.97 bits per heavy atom. The van der Waals surface area contributed by atoms with E-state index in [2.05, 4.69) is 25.6 Å². The van der Waals surface area contributed by atoms with E-state index in [9.17, 15) is 9.59 Å². The number of rotatable bonds is 8. The van der Waals surface area contributed by atoms with E-state index in [1.54, 1.807) is 54.7 Å². The molecule has 0 unspecified atom stereocenters. The van der Waals surface area contributed by atoms with Gasteiger partial charge >= 0.3 is 6.03 Å². The summed E-state index contributed by atoms with van der Waals surface area (Å²) in [5.41, 5.74) is 10.5. The monoisotopic (exact) mass is 532 g/mol. The van der Waals surface area contributed by atoms with Gasteiger partial charge in [0, 0.05) is 43.5 Å². The zero-order valence-corrected chi connectivity index (χ0v) is 21.8. The molecule has 0 saturated heterocycles. The van der Waals surface area contributed by atoms with Gasteiger partial charge in [-0.3, -0.25) is 9.79 Å². The second kappa shape index (κ2) is 14.1. The van der Waals surface area contributed by atoms with Crippen LogP contribution in [0.25, 0.3) is 0 Å². The first-order valence-corrected chi connectivity index (χ1v) is 12.1. The normalized spacial score (nSPS) is 13.2. The van der Waals surface area contributed by atoms with E-state index in [0.717, 1.165) is 11.1 Å². The predicted molar refractivity (Wildman–Crippen MR) is 152 cm³/mol. The van der Waals surface area contributed by atoms with Gasteiger partial charge < -0.3 is 21.3 Å². The van der Waals surface area contributed by atoms with Crippen LogP contribution in [0.3, 0.4) is 0 Å². The number of aromatic nitrogens is 2. The first-order chi connectivity index (χ1) is 18.5. The molecule has 0 spiro atoms. The van der Waals surface area contributed by atoms with Gasteiger partial charge in [0.1, 0.15) is 0 Å². The number of urea groups is 1. The number of carbonyl (C=O) groups is 2. The first-order valence-electron chi connectivity index (χ1n) is 11.7. The third-order valence-corrected chi connectivity index (χ3v) is 5.50. The molecule has 3 amide bonds. The third-order valence-electron chi connectivity index (χ3n) is 5.25. The molecule has 0 bridgehead atoms. The Hall–Kier alpha value is -4.70. The van der Waals surface area contributed by atoms with Crippen molar-refractivity contribution in [2.75, 3.05) is 22.6 Å². The van der Waals surface area contributed by atoms with Gasteiger partial charge in [-0.25, -0.2) is 14.7 Å². The van der Waals surface area contributed by atoms with E-state index >= 15 is 0 Å². The van der Waals surface area contributed by atoms with Crippen LogP contribution in [0.1, 0.15) is 18.1 Å². The second-order valence-corrected chi connectivity index (χ2v) is 8.16. The maximum atomic E-state index is 13.7. The van der Waals surface area contributed by atoms with E-state index in [1.165, 1.54) is 16.6 Å². The molecule has 0 saturated carbocycles. The standard InChI is InChI=1S/C24H24N8O2.C3H5Cl/c1-26-13-20(11-25)29-23-27-12-18-15-31(14-17-6-3-2-4-7-17)24(34)32(22(18)30-23)21-9-5-8-19(10-21)28-16-33;1-2-3-4/h2-13,16H,14-15,25H2,1H3,(H,28,33)(H,27,29,30);2-3H,1H3/b20-11+,26-13?;3-2+. The zero-order valence-electron chi connectivity index (χ0n) is 21.1. The van der Waals surface area contributed by atoms with Crippen molar-refractivity contribution < 1.29 is 9.59 Å². The minimum atomic E-state index is -0.242. The average Bonchev–Trinajstić information content (AvgIpc) is 2.94. The van der Waals surface area contributed by atoms with Crippen LogP contribution < -0.4 is 21.3 Å². The number of nitrogens with two attached hydrogens (primary N) is 1. The molecule has 1 aliphatic heterocycles. The van der Waals surface area contributed by atoms with E-state index in [4.69, 9.17) is 17.3 Å². The molecule has 2 heterocycles. The number of nitrogens with one attached hydrogen (secondary N) is 2. The van der Waals surface area contributed by atoms with Crippen molar-refractivity contribution >= 4 is 53.4 Å². The molecule has 1 aliphatic rings. The quantitative estimate of drug-likeness (QED) is 0.277. The summed E-state index contributed by atoms with van der Waals surface area (Å²) in [6.45, 7) is 2.64. The Kier molecular flexibility index (Phi) is 10.4. The lowest BCUT2D eigenvalue weighted by Crippen LogP contribution is -2.45. The maximum Gasteiger partial charge on any atom is 0.330 e. The van der Waals surface area contributed by atoms with Gasteiger partial charge in [-0.15, -0.1) is 0 Å². The van der Waals surface area contributed by atoms with Crippen LogP contribution in [0.15, 0.2) is 89.3 Å². The van der Waals surface area contributed by atoms with Crippen LogP contribution in [-0.4, -0.2) is 40.6 Å². The zero-order chi connectivity index (χ0) is 27.3. The number of hydrogen-bond acceptors (Lipinski definition) is 7. The number of benzene rings is 2. The Bertz CT molecular complexity index is 1320. The molecule has 38 heavy (non-hydrogen) atoms.